The van der Waals surface area contributed by atoms with Crippen LogP contribution in [0, 0.1) is 0 Å². The van der Waals surface area contributed by atoms with Crippen LogP contribution in [0.1, 0.15) is 36.9 Å². The number of nitrogens with one attached hydrogen (secondary N) is 1. The predicted molar refractivity (Wildman–Crippen MR) is 81.9 cm³/mol. The van der Waals surface area contributed by atoms with Gasteiger partial charge in [0.05, 0.1) is 18.2 Å². The van der Waals surface area contributed by atoms with Gasteiger partial charge in [0.25, 0.3) is 0 Å². The summed E-state index contributed by atoms with van der Waals surface area (Å²) in [7, 11) is 2.01. The van der Waals surface area contributed by atoms with Crippen LogP contribution in [-0.2, 0) is 15.9 Å². The highest BCUT2D eigenvalue weighted by Gasteiger charge is 2.43. The Morgan fingerprint density at radius 3 is 2.81 bits per heavy atom. The topological polar surface area (TPSA) is 39.7 Å². The fourth-order valence-corrected chi connectivity index (χ4v) is 3.69. The van der Waals surface area contributed by atoms with E-state index in [1.807, 2.05) is 7.05 Å². The first-order valence-electron chi connectivity index (χ1n) is 7.94. The summed E-state index contributed by atoms with van der Waals surface area (Å²) in [6, 6.07) is 6.60. The van der Waals surface area contributed by atoms with Gasteiger partial charge in [-0.05, 0) is 19.5 Å². The van der Waals surface area contributed by atoms with Crippen molar-refractivity contribution in [2.45, 2.75) is 37.8 Å². The number of fused-ring (bicyclic) bond motifs is 1. The van der Waals surface area contributed by atoms with Crippen molar-refractivity contribution < 1.29 is 14.2 Å². The molecule has 116 valence electrons. The molecule has 0 spiro atoms. The van der Waals surface area contributed by atoms with Crippen molar-refractivity contribution in [1.82, 2.24) is 5.32 Å². The van der Waals surface area contributed by atoms with E-state index in [0.29, 0.717) is 6.61 Å². The Labute approximate surface area is 126 Å². The van der Waals surface area contributed by atoms with Gasteiger partial charge in [-0.15, -0.1) is 0 Å². The predicted octanol–water partition coefficient (Wildman–Crippen LogP) is 2.47. The summed E-state index contributed by atoms with van der Waals surface area (Å²) in [6.45, 7) is 5.08. The summed E-state index contributed by atoms with van der Waals surface area (Å²) in [5.74, 6) is 1.06. The summed E-state index contributed by atoms with van der Waals surface area (Å²) in [4.78, 5) is 0. The average molecular weight is 291 g/mol. The monoisotopic (exact) mass is 291 g/mol. The molecule has 0 saturated carbocycles. The van der Waals surface area contributed by atoms with Gasteiger partial charge in [-0.25, -0.2) is 0 Å². The van der Waals surface area contributed by atoms with Crippen molar-refractivity contribution in [3.63, 3.8) is 0 Å². The van der Waals surface area contributed by atoms with E-state index in [2.05, 4.69) is 30.4 Å². The standard InChI is InChI=1S/C17H25NO3/c1-3-21-17(8-11-19-12-9-17)16(18-2)14-6-4-5-13-7-10-20-15(13)14/h4-6,16,18H,3,7-12H2,1-2H3. The molecule has 0 bridgehead atoms. The zero-order chi connectivity index (χ0) is 14.7. The molecule has 0 radical (unpaired) electrons. The molecule has 3 rings (SSSR count). The first-order valence-corrected chi connectivity index (χ1v) is 7.94. The maximum atomic E-state index is 6.24. The zero-order valence-electron chi connectivity index (χ0n) is 13.0. The Morgan fingerprint density at radius 1 is 1.29 bits per heavy atom. The van der Waals surface area contributed by atoms with Gasteiger partial charge in [-0.2, -0.15) is 0 Å². The largest absolute Gasteiger partial charge is 0.493 e. The second-order valence-electron chi connectivity index (χ2n) is 5.77. The second kappa shape index (κ2) is 6.34. The average Bonchev–Trinajstić information content (AvgIpc) is 2.98. The third kappa shape index (κ3) is 2.68. The Balaban J connectivity index is 1.98. The highest BCUT2D eigenvalue weighted by molar-refractivity contribution is 5.46. The molecule has 1 aromatic carbocycles. The molecule has 1 aromatic rings. The Morgan fingerprint density at radius 2 is 2.10 bits per heavy atom. The third-order valence-corrected chi connectivity index (χ3v) is 4.64. The van der Waals surface area contributed by atoms with Crippen LogP contribution in [0.4, 0.5) is 0 Å². The fourth-order valence-electron chi connectivity index (χ4n) is 3.69. The van der Waals surface area contributed by atoms with Crippen molar-refractivity contribution in [1.29, 1.82) is 0 Å². The minimum absolute atomic E-state index is 0.134. The maximum Gasteiger partial charge on any atom is 0.127 e. The van der Waals surface area contributed by atoms with Crippen LogP contribution in [0.2, 0.25) is 0 Å². The number of benzene rings is 1. The summed E-state index contributed by atoms with van der Waals surface area (Å²) in [5.41, 5.74) is 2.33. The van der Waals surface area contributed by atoms with Gasteiger partial charge >= 0.3 is 0 Å². The number of likely N-dealkylation sites (N-methyl/N-ethyl adjacent to an activating group) is 1. The van der Waals surface area contributed by atoms with Crippen LogP contribution in [0.5, 0.6) is 5.75 Å². The summed E-state index contributed by atoms with van der Waals surface area (Å²) in [5, 5.41) is 3.48. The summed E-state index contributed by atoms with van der Waals surface area (Å²) >= 11 is 0. The van der Waals surface area contributed by atoms with Gasteiger partial charge in [0.15, 0.2) is 0 Å². The molecule has 2 aliphatic heterocycles. The van der Waals surface area contributed by atoms with E-state index in [0.717, 1.165) is 44.8 Å². The Hall–Kier alpha value is -1.10. The Kier molecular flexibility index (Phi) is 4.48. The molecule has 1 atom stereocenters. The van der Waals surface area contributed by atoms with Crippen molar-refractivity contribution >= 4 is 0 Å². The first kappa shape index (κ1) is 14.8. The molecule has 4 nitrogen and oxygen atoms in total. The first-order chi connectivity index (χ1) is 10.3. The maximum absolute atomic E-state index is 6.24. The molecule has 21 heavy (non-hydrogen) atoms. The lowest BCUT2D eigenvalue weighted by molar-refractivity contribution is -0.127. The molecule has 0 aromatic heterocycles. The van der Waals surface area contributed by atoms with E-state index in [1.54, 1.807) is 0 Å². The van der Waals surface area contributed by atoms with E-state index >= 15 is 0 Å². The minimum atomic E-state index is -0.206. The van der Waals surface area contributed by atoms with Gasteiger partial charge in [0.2, 0.25) is 0 Å². The minimum Gasteiger partial charge on any atom is -0.493 e. The lowest BCUT2D eigenvalue weighted by atomic mass is 9.81. The number of hydrogen-bond donors (Lipinski definition) is 1. The van der Waals surface area contributed by atoms with E-state index in [1.165, 1.54) is 11.1 Å². The van der Waals surface area contributed by atoms with Crippen LogP contribution >= 0.6 is 0 Å². The molecule has 0 amide bonds. The molecule has 4 heteroatoms. The third-order valence-electron chi connectivity index (χ3n) is 4.64. The van der Waals surface area contributed by atoms with Gasteiger partial charge in [-0.1, -0.05) is 18.2 Å². The number of rotatable bonds is 5. The summed E-state index contributed by atoms with van der Waals surface area (Å²) < 4.78 is 17.7. The van der Waals surface area contributed by atoms with Crippen LogP contribution < -0.4 is 10.1 Å². The second-order valence-corrected chi connectivity index (χ2v) is 5.77. The number of para-hydroxylation sites is 1. The summed E-state index contributed by atoms with van der Waals surface area (Å²) in [6.07, 6.45) is 2.83. The van der Waals surface area contributed by atoms with Crippen LogP contribution in [0.15, 0.2) is 18.2 Å². The Bertz CT molecular complexity index is 477. The lowest BCUT2D eigenvalue weighted by Crippen LogP contribution is -2.49. The highest BCUT2D eigenvalue weighted by Crippen LogP contribution is 2.43. The van der Waals surface area contributed by atoms with Crippen molar-refractivity contribution in [3.05, 3.63) is 29.3 Å². The smallest absolute Gasteiger partial charge is 0.127 e. The number of hydrogen-bond acceptors (Lipinski definition) is 4. The van der Waals surface area contributed by atoms with Gasteiger partial charge in [-0.3, -0.25) is 0 Å². The van der Waals surface area contributed by atoms with E-state index in [4.69, 9.17) is 14.2 Å². The molecule has 1 saturated heterocycles. The van der Waals surface area contributed by atoms with E-state index in [-0.39, 0.29) is 11.6 Å². The molecular weight excluding hydrogens is 266 g/mol. The molecule has 1 unspecified atom stereocenters. The molecule has 2 aliphatic rings. The molecule has 1 fully saturated rings. The highest BCUT2D eigenvalue weighted by atomic mass is 16.5. The molecule has 1 N–H and O–H groups in total. The number of ether oxygens (including phenoxy) is 3. The van der Waals surface area contributed by atoms with Crippen molar-refractivity contribution in [2.24, 2.45) is 0 Å². The van der Waals surface area contributed by atoms with Gasteiger partial charge < -0.3 is 19.5 Å². The molecule has 2 heterocycles. The van der Waals surface area contributed by atoms with Gasteiger partial charge in [0.1, 0.15) is 5.75 Å². The fraction of sp³-hybridized carbons (Fsp3) is 0.647. The molecule has 0 aliphatic carbocycles. The quantitative estimate of drug-likeness (QED) is 0.904. The normalized spacial score (nSPS) is 21.6. The lowest BCUT2D eigenvalue weighted by Gasteiger charge is -2.43. The van der Waals surface area contributed by atoms with Crippen LogP contribution in [0.25, 0.3) is 0 Å². The zero-order valence-corrected chi connectivity index (χ0v) is 13.0. The molecular formula is C17H25NO3. The van der Waals surface area contributed by atoms with E-state index in [9.17, 15) is 0 Å². The van der Waals surface area contributed by atoms with Crippen LogP contribution in [0.3, 0.4) is 0 Å². The van der Waals surface area contributed by atoms with Gasteiger partial charge in [0, 0.05) is 44.6 Å². The van der Waals surface area contributed by atoms with Crippen LogP contribution in [-0.4, -0.2) is 39.1 Å². The van der Waals surface area contributed by atoms with E-state index < -0.39 is 0 Å². The SMILES string of the molecule is CCOC1(C(NC)c2cccc3c2OCC3)CCOCC1. The van der Waals surface area contributed by atoms with Crippen molar-refractivity contribution in [3.8, 4) is 5.75 Å². The van der Waals surface area contributed by atoms with Crippen molar-refractivity contribution in [2.75, 3.05) is 33.5 Å².